The molecule has 0 saturated heterocycles. The van der Waals surface area contributed by atoms with Gasteiger partial charge in [0.05, 0.1) is 18.1 Å². The summed E-state index contributed by atoms with van der Waals surface area (Å²) in [7, 11) is 0. The number of hydrogen-bond donors (Lipinski definition) is 2. The van der Waals surface area contributed by atoms with Crippen LogP contribution in [0.5, 0.6) is 5.75 Å². The molecular weight excluding hydrogens is 430 g/mol. The zero-order chi connectivity index (χ0) is 22.1. The van der Waals surface area contributed by atoms with E-state index >= 15 is 0 Å². The van der Waals surface area contributed by atoms with E-state index in [1.165, 1.54) is 23.1 Å². The number of anilines is 2. The molecule has 31 heavy (non-hydrogen) atoms. The molecule has 0 saturated carbocycles. The van der Waals surface area contributed by atoms with Gasteiger partial charge in [-0.25, -0.2) is 4.98 Å². The van der Waals surface area contributed by atoms with Crippen molar-refractivity contribution in [3.8, 4) is 17.0 Å². The first-order valence-electron chi connectivity index (χ1n) is 10.1. The van der Waals surface area contributed by atoms with Crippen molar-refractivity contribution in [2.75, 3.05) is 23.0 Å². The van der Waals surface area contributed by atoms with Crippen molar-refractivity contribution >= 4 is 45.7 Å². The number of ether oxygens (including phenoxy) is 1. The van der Waals surface area contributed by atoms with E-state index in [1.54, 1.807) is 0 Å². The fourth-order valence-corrected chi connectivity index (χ4v) is 4.18. The molecule has 2 N–H and O–H groups in total. The average Bonchev–Trinajstić information content (AvgIpc) is 3.22. The largest absolute Gasteiger partial charge is 0.494 e. The predicted octanol–water partition coefficient (Wildman–Crippen LogP) is 5.68. The van der Waals surface area contributed by atoms with E-state index in [-0.39, 0.29) is 17.6 Å². The first kappa shape index (κ1) is 22.8. The minimum atomic E-state index is -0.113. The van der Waals surface area contributed by atoms with Crippen LogP contribution >= 0.6 is 23.1 Å². The number of carbonyl (C=O) groups is 2. The Labute approximate surface area is 190 Å². The third-order valence-corrected chi connectivity index (χ3v) is 5.97. The van der Waals surface area contributed by atoms with Crippen LogP contribution in [-0.2, 0) is 9.59 Å². The summed E-state index contributed by atoms with van der Waals surface area (Å²) in [6.45, 7) is 4.55. The van der Waals surface area contributed by atoms with Gasteiger partial charge >= 0.3 is 0 Å². The summed E-state index contributed by atoms with van der Waals surface area (Å²) in [4.78, 5) is 29.4. The molecule has 0 bridgehead atoms. The van der Waals surface area contributed by atoms with Crippen LogP contribution in [-0.4, -0.2) is 29.2 Å². The van der Waals surface area contributed by atoms with Crippen LogP contribution in [0.25, 0.3) is 11.3 Å². The summed E-state index contributed by atoms with van der Waals surface area (Å²) < 4.78 is 5.46. The summed E-state index contributed by atoms with van der Waals surface area (Å²) in [6, 6.07) is 15.2. The van der Waals surface area contributed by atoms with Crippen molar-refractivity contribution in [1.29, 1.82) is 0 Å². The normalized spacial score (nSPS) is 10.5. The topological polar surface area (TPSA) is 80.3 Å². The third kappa shape index (κ3) is 7.11. The fraction of sp³-hybridized carbons (Fsp3) is 0.261. The Bertz CT molecular complexity index is 1000. The first-order chi connectivity index (χ1) is 15.1. The monoisotopic (exact) mass is 455 g/mol. The van der Waals surface area contributed by atoms with E-state index in [9.17, 15) is 9.59 Å². The lowest BCUT2D eigenvalue weighted by molar-refractivity contribution is -0.116. The van der Waals surface area contributed by atoms with Crippen LogP contribution in [0.2, 0.25) is 0 Å². The standard InChI is InChI=1S/C23H25N3O3S2/c1-3-5-21(27)24-17-8-12-19(13-9-17)30-15-22(28)26-23-25-20(14-31-23)16-6-10-18(11-7-16)29-4-2/h6-14H,3-5,15H2,1-2H3,(H,24,27)(H,25,26,28). The van der Waals surface area contributed by atoms with Crippen molar-refractivity contribution in [3.63, 3.8) is 0 Å². The Morgan fingerprint density at radius 3 is 2.42 bits per heavy atom. The summed E-state index contributed by atoms with van der Waals surface area (Å²) in [5.74, 6) is 0.996. The smallest absolute Gasteiger partial charge is 0.236 e. The number of thioether (sulfide) groups is 1. The second-order valence-electron chi connectivity index (χ2n) is 6.65. The molecule has 2 amide bonds. The number of nitrogens with zero attached hydrogens (tertiary/aromatic N) is 1. The second kappa shape index (κ2) is 11.5. The van der Waals surface area contributed by atoms with Crippen LogP contribution in [0.1, 0.15) is 26.7 Å². The van der Waals surface area contributed by atoms with E-state index in [2.05, 4.69) is 15.6 Å². The molecule has 8 heteroatoms. The minimum absolute atomic E-state index is 0.00957. The SMILES string of the molecule is CCCC(=O)Nc1ccc(SCC(=O)Nc2nc(-c3ccc(OCC)cc3)cs2)cc1. The Morgan fingerprint density at radius 1 is 1.00 bits per heavy atom. The number of aromatic nitrogens is 1. The molecule has 3 rings (SSSR count). The van der Waals surface area contributed by atoms with Gasteiger partial charge in [-0.3, -0.25) is 9.59 Å². The van der Waals surface area contributed by atoms with Gasteiger partial charge in [0, 0.05) is 27.9 Å². The molecule has 0 atom stereocenters. The molecule has 1 heterocycles. The highest BCUT2D eigenvalue weighted by atomic mass is 32.2. The molecule has 0 aliphatic heterocycles. The summed E-state index contributed by atoms with van der Waals surface area (Å²) in [5.41, 5.74) is 2.55. The van der Waals surface area contributed by atoms with E-state index < -0.39 is 0 Å². The van der Waals surface area contributed by atoms with Crippen LogP contribution in [0.3, 0.4) is 0 Å². The van der Waals surface area contributed by atoms with Gasteiger partial charge in [0.25, 0.3) is 0 Å². The van der Waals surface area contributed by atoms with Crippen LogP contribution in [0, 0.1) is 0 Å². The van der Waals surface area contributed by atoms with E-state index in [1.807, 2.05) is 67.8 Å². The van der Waals surface area contributed by atoms with Gasteiger partial charge in [-0.1, -0.05) is 6.92 Å². The molecule has 6 nitrogen and oxygen atoms in total. The van der Waals surface area contributed by atoms with E-state index in [0.717, 1.165) is 34.0 Å². The highest BCUT2D eigenvalue weighted by Crippen LogP contribution is 2.27. The van der Waals surface area contributed by atoms with E-state index in [0.29, 0.717) is 18.2 Å². The number of carbonyl (C=O) groups excluding carboxylic acids is 2. The summed E-state index contributed by atoms with van der Waals surface area (Å²) in [6.07, 6.45) is 1.32. The molecule has 0 fully saturated rings. The number of thiazole rings is 1. The minimum Gasteiger partial charge on any atom is -0.494 e. The molecule has 0 aliphatic rings. The van der Waals surface area contributed by atoms with Gasteiger partial charge < -0.3 is 15.4 Å². The molecule has 2 aromatic carbocycles. The predicted molar refractivity (Wildman–Crippen MR) is 128 cm³/mol. The van der Waals surface area contributed by atoms with Gasteiger partial charge in [-0.15, -0.1) is 23.1 Å². The van der Waals surface area contributed by atoms with Crippen LogP contribution < -0.4 is 15.4 Å². The molecule has 0 radical (unpaired) electrons. The lowest BCUT2D eigenvalue weighted by atomic mass is 10.2. The molecular formula is C23H25N3O3S2. The first-order valence-corrected chi connectivity index (χ1v) is 11.9. The zero-order valence-electron chi connectivity index (χ0n) is 17.5. The van der Waals surface area contributed by atoms with Gasteiger partial charge in [0.2, 0.25) is 11.8 Å². The number of hydrogen-bond acceptors (Lipinski definition) is 6. The Balaban J connectivity index is 1.48. The van der Waals surface area contributed by atoms with Crippen LogP contribution in [0.4, 0.5) is 10.8 Å². The van der Waals surface area contributed by atoms with Gasteiger partial charge in [-0.2, -0.15) is 0 Å². The Morgan fingerprint density at radius 2 is 1.74 bits per heavy atom. The van der Waals surface area contributed by atoms with Crippen molar-refractivity contribution in [2.24, 2.45) is 0 Å². The summed E-state index contributed by atoms with van der Waals surface area (Å²) in [5, 5.41) is 8.20. The number of nitrogens with one attached hydrogen (secondary N) is 2. The van der Waals surface area contributed by atoms with Gasteiger partial charge in [0.1, 0.15) is 5.75 Å². The summed E-state index contributed by atoms with van der Waals surface area (Å²) >= 11 is 2.83. The Kier molecular flexibility index (Phi) is 8.49. The highest BCUT2D eigenvalue weighted by molar-refractivity contribution is 8.00. The third-order valence-electron chi connectivity index (χ3n) is 4.20. The van der Waals surface area contributed by atoms with Crippen LogP contribution in [0.15, 0.2) is 58.8 Å². The van der Waals surface area contributed by atoms with Crippen molar-refractivity contribution < 1.29 is 14.3 Å². The molecule has 1 aromatic heterocycles. The lowest BCUT2D eigenvalue weighted by Gasteiger charge is -2.06. The average molecular weight is 456 g/mol. The number of benzene rings is 2. The van der Waals surface area contributed by atoms with Gasteiger partial charge in [-0.05, 0) is 61.9 Å². The molecule has 0 spiro atoms. The fourth-order valence-electron chi connectivity index (χ4n) is 2.74. The molecule has 3 aromatic rings. The lowest BCUT2D eigenvalue weighted by Crippen LogP contribution is -2.13. The number of rotatable bonds is 10. The molecule has 0 unspecified atom stereocenters. The van der Waals surface area contributed by atoms with E-state index in [4.69, 9.17) is 4.74 Å². The van der Waals surface area contributed by atoms with Crippen molar-refractivity contribution in [2.45, 2.75) is 31.6 Å². The number of amides is 2. The maximum Gasteiger partial charge on any atom is 0.236 e. The highest BCUT2D eigenvalue weighted by Gasteiger charge is 2.09. The maximum atomic E-state index is 12.3. The Hall–Kier alpha value is -2.84. The van der Waals surface area contributed by atoms with Gasteiger partial charge in [0.15, 0.2) is 5.13 Å². The second-order valence-corrected chi connectivity index (χ2v) is 8.56. The van der Waals surface area contributed by atoms with Crippen molar-refractivity contribution in [3.05, 3.63) is 53.9 Å². The van der Waals surface area contributed by atoms with Crippen molar-refractivity contribution in [1.82, 2.24) is 4.98 Å². The quantitative estimate of drug-likeness (QED) is 0.385. The zero-order valence-corrected chi connectivity index (χ0v) is 19.1. The molecule has 0 aliphatic carbocycles. The maximum absolute atomic E-state index is 12.3. The molecule has 162 valence electrons.